The van der Waals surface area contributed by atoms with Crippen LogP contribution in [0.2, 0.25) is 5.02 Å². The molecule has 0 unspecified atom stereocenters. The van der Waals surface area contributed by atoms with Crippen LogP contribution in [0.4, 0.5) is 5.82 Å². The minimum atomic E-state index is 0.259. The zero-order valence-corrected chi connectivity index (χ0v) is 10.2. The van der Waals surface area contributed by atoms with E-state index >= 15 is 0 Å². The van der Waals surface area contributed by atoms with Gasteiger partial charge in [-0.15, -0.1) is 5.10 Å². The Labute approximate surface area is 106 Å². The Bertz CT molecular complexity index is 553. The van der Waals surface area contributed by atoms with Gasteiger partial charge in [-0.05, 0) is 35.0 Å². The lowest BCUT2D eigenvalue weighted by Crippen LogP contribution is -2.00. The first-order valence-electron chi connectivity index (χ1n) is 4.97. The molecule has 3 rings (SSSR count). The smallest absolute Gasteiger partial charge is 0.215 e. The zero-order chi connectivity index (χ0) is 11.8. The van der Waals surface area contributed by atoms with Crippen molar-refractivity contribution in [1.29, 1.82) is 0 Å². The maximum absolute atomic E-state index is 6.01. The highest BCUT2D eigenvalue weighted by molar-refractivity contribution is 7.99. The minimum absolute atomic E-state index is 0.259. The molecule has 1 saturated carbocycles. The Hall–Kier alpha value is -1.41. The molecule has 0 saturated heterocycles. The normalized spacial score (nSPS) is 15.1. The standard InChI is InChI=1S/C8H8ClN7S/c9-5-6(10)11-3-12-7(5)17-8-13-14-15-16(8)4-1-2-4/h3-4H,1-2H2,(H2,10,11,12). The lowest BCUT2D eigenvalue weighted by atomic mass is 10.6. The molecule has 2 aromatic rings. The van der Waals surface area contributed by atoms with Gasteiger partial charge in [0.15, 0.2) is 0 Å². The SMILES string of the molecule is Nc1ncnc(Sc2nnnn2C2CC2)c1Cl. The van der Waals surface area contributed by atoms with Crippen molar-refractivity contribution in [1.82, 2.24) is 30.2 Å². The van der Waals surface area contributed by atoms with Gasteiger partial charge in [-0.25, -0.2) is 14.6 Å². The first kappa shape index (κ1) is 10.7. The third kappa shape index (κ3) is 2.05. The summed E-state index contributed by atoms with van der Waals surface area (Å²) < 4.78 is 1.79. The number of nitrogen functional groups attached to an aromatic ring is 1. The van der Waals surface area contributed by atoms with E-state index in [2.05, 4.69) is 25.5 Å². The first-order valence-corrected chi connectivity index (χ1v) is 6.17. The second-order valence-electron chi connectivity index (χ2n) is 3.62. The van der Waals surface area contributed by atoms with Gasteiger partial charge in [0.2, 0.25) is 5.16 Å². The van der Waals surface area contributed by atoms with Gasteiger partial charge < -0.3 is 5.73 Å². The van der Waals surface area contributed by atoms with E-state index in [4.69, 9.17) is 17.3 Å². The van der Waals surface area contributed by atoms with E-state index in [0.29, 0.717) is 21.2 Å². The summed E-state index contributed by atoms with van der Waals surface area (Å²) in [5, 5.41) is 13.1. The number of nitrogens with two attached hydrogens (primary N) is 1. The number of halogens is 1. The molecule has 0 radical (unpaired) electrons. The molecule has 0 bridgehead atoms. The quantitative estimate of drug-likeness (QED) is 0.836. The maximum Gasteiger partial charge on any atom is 0.215 e. The van der Waals surface area contributed by atoms with Gasteiger partial charge in [0.25, 0.3) is 0 Å². The van der Waals surface area contributed by atoms with Gasteiger partial charge in [0.1, 0.15) is 22.2 Å². The fourth-order valence-electron chi connectivity index (χ4n) is 1.32. The Balaban J connectivity index is 1.91. The van der Waals surface area contributed by atoms with Crippen LogP contribution in [0.15, 0.2) is 16.5 Å². The monoisotopic (exact) mass is 269 g/mol. The van der Waals surface area contributed by atoms with Crippen LogP contribution < -0.4 is 5.73 Å². The van der Waals surface area contributed by atoms with Crippen LogP contribution >= 0.6 is 23.4 Å². The van der Waals surface area contributed by atoms with E-state index in [9.17, 15) is 0 Å². The third-order valence-electron chi connectivity index (χ3n) is 2.33. The molecule has 1 fully saturated rings. The van der Waals surface area contributed by atoms with E-state index in [1.54, 1.807) is 4.68 Å². The van der Waals surface area contributed by atoms with E-state index in [1.807, 2.05) is 0 Å². The van der Waals surface area contributed by atoms with Crippen molar-refractivity contribution in [2.45, 2.75) is 29.1 Å². The second-order valence-corrected chi connectivity index (χ2v) is 4.95. The van der Waals surface area contributed by atoms with Crippen LogP contribution in [0.3, 0.4) is 0 Å². The van der Waals surface area contributed by atoms with E-state index in [1.165, 1.54) is 18.1 Å². The fraction of sp³-hybridized carbons (Fsp3) is 0.375. The van der Waals surface area contributed by atoms with E-state index in [-0.39, 0.29) is 5.82 Å². The van der Waals surface area contributed by atoms with Crippen molar-refractivity contribution in [3.63, 3.8) is 0 Å². The van der Waals surface area contributed by atoms with Crippen molar-refractivity contribution in [3.05, 3.63) is 11.3 Å². The summed E-state index contributed by atoms with van der Waals surface area (Å²) in [6.07, 6.45) is 3.59. The van der Waals surface area contributed by atoms with Gasteiger partial charge >= 0.3 is 0 Å². The molecule has 0 aromatic carbocycles. The lowest BCUT2D eigenvalue weighted by Gasteiger charge is -2.03. The molecule has 2 N–H and O–H groups in total. The highest BCUT2D eigenvalue weighted by atomic mass is 35.5. The minimum Gasteiger partial charge on any atom is -0.382 e. The van der Waals surface area contributed by atoms with Crippen LogP contribution in [0.25, 0.3) is 0 Å². The van der Waals surface area contributed by atoms with Crippen LogP contribution in [0.1, 0.15) is 18.9 Å². The number of hydrogen-bond donors (Lipinski definition) is 1. The average molecular weight is 270 g/mol. The van der Waals surface area contributed by atoms with E-state index < -0.39 is 0 Å². The highest BCUT2D eigenvalue weighted by Gasteiger charge is 2.28. The predicted octanol–water partition coefficient (Wildman–Crippen LogP) is 1.18. The molecule has 7 nitrogen and oxygen atoms in total. The molecule has 2 aromatic heterocycles. The number of tetrazole rings is 1. The fourth-order valence-corrected chi connectivity index (χ4v) is 2.36. The molecule has 17 heavy (non-hydrogen) atoms. The molecule has 88 valence electrons. The Morgan fingerprint density at radius 3 is 3.00 bits per heavy atom. The van der Waals surface area contributed by atoms with Gasteiger partial charge in [-0.2, -0.15) is 0 Å². The Kier molecular flexibility index (Phi) is 2.60. The van der Waals surface area contributed by atoms with Crippen molar-refractivity contribution in [2.24, 2.45) is 0 Å². The summed E-state index contributed by atoms with van der Waals surface area (Å²) in [4.78, 5) is 7.87. The molecule has 2 heterocycles. The van der Waals surface area contributed by atoms with Gasteiger partial charge in [-0.3, -0.25) is 0 Å². The van der Waals surface area contributed by atoms with Crippen LogP contribution in [0, 0.1) is 0 Å². The topological polar surface area (TPSA) is 95.4 Å². The number of nitrogens with zero attached hydrogens (tertiary/aromatic N) is 6. The zero-order valence-electron chi connectivity index (χ0n) is 8.62. The van der Waals surface area contributed by atoms with Crippen LogP contribution in [-0.2, 0) is 0 Å². The lowest BCUT2D eigenvalue weighted by molar-refractivity contribution is 0.565. The molecule has 0 spiro atoms. The highest BCUT2D eigenvalue weighted by Crippen LogP contribution is 2.39. The molecular formula is C8H8ClN7S. The molecule has 1 aliphatic rings. The first-order chi connectivity index (χ1) is 8.25. The predicted molar refractivity (Wildman–Crippen MR) is 61.7 cm³/mol. The molecule has 1 aliphatic carbocycles. The summed E-state index contributed by atoms with van der Waals surface area (Å²) in [5.41, 5.74) is 5.60. The van der Waals surface area contributed by atoms with E-state index in [0.717, 1.165) is 12.8 Å². The van der Waals surface area contributed by atoms with Gasteiger partial charge in [0, 0.05) is 0 Å². The molecule has 0 aliphatic heterocycles. The van der Waals surface area contributed by atoms with Gasteiger partial charge in [-0.1, -0.05) is 11.6 Å². The number of hydrogen-bond acceptors (Lipinski definition) is 7. The van der Waals surface area contributed by atoms with Gasteiger partial charge in [0.05, 0.1) is 6.04 Å². The summed E-state index contributed by atoms with van der Waals surface area (Å²) in [6.45, 7) is 0. The molecule has 0 amide bonds. The number of aromatic nitrogens is 6. The number of anilines is 1. The average Bonchev–Trinajstić information content (AvgIpc) is 3.06. The summed E-state index contributed by atoms with van der Waals surface area (Å²) in [7, 11) is 0. The largest absolute Gasteiger partial charge is 0.382 e. The number of rotatable bonds is 3. The Morgan fingerprint density at radius 2 is 2.24 bits per heavy atom. The molecule has 9 heteroatoms. The summed E-state index contributed by atoms with van der Waals surface area (Å²) in [5.74, 6) is 0.259. The van der Waals surface area contributed by atoms with Crippen molar-refractivity contribution in [3.8, 4) is 0 Å². The summed E-state index contributed by atoms with van der Waals surface area (Å²) in [6, 6.07) is 0.408. The molecule has 0 atom stereocenters. The maximum atomic E-state index is 6.01. The third-order valence-corrected chi connectivity index (χ3v) is 3.77. The van der Waals surface area contributed by atoms with Crippen molar-refractivity contribution in [2.75, 3.05) is 5.73 Å². The van der Waals surface area contributed by atoms with Crippen molar-refractivity contribution >= 4 is 29.2 Å². The van der Waals surface area contributed by atoms with Crippen LogP contribution in [0.5, 0.6) is 0 Å². The van der Waals surface area contributed by atoms with Crippen molar-refractivity contribution < 1.29 is 0 Å². The second kappa shape index (κ2) is 4.11. The molecular weight excluding hydrogens is 262 g/mol. The summed E-state index contributed by atoms with van der Waals surface area (Å²) >= 11 is 7.30. The Morgan fingerprint density at radius 1 is 1.41 bits per heavy atom. The van der Waals surface area contributed by atoms with Crippen LogP contribution in [-0.4, -0.2) is 30.2 Å².